The summed E-state index contributed by atoms with van der Waals surface area (Å²) in [5, 5.41) is 4.13. The van der Waals surface area contributed by atoms with E-state index < -0.39 is 5.54 Å². The average molecular weight is 386 g/mol. The number of aryl methyl sites for hydroxylation is 1. The summed E-state index contributed by atoms with van der Waals surface area (Å²) >= 11 is 0. The third-order valence-electron chi connectivity index (χ3n) is 5.52. The average Bonchev–Trinajstić information content (AvgIpc) is 3.17. The van der Waals surface area contributed by atoms with E-state index in [1.165, 1.54) is 5.56 Å². The van der Waals surface area contributed by atoms with Crippen molar-refractivity contribution >= 4 is 5.91 Å². The molecule has 2 aromatic rings. The van der Waals surface area contributed by atoms with Crippen LogP contribution in [0.4, 0.5) is 0 Å². The third-order valence-corrected chi connectivity index (χ3v) is 5.52. The molecular formula is C21H31N5O2. The number of rotatable bonds is 6. The second-order valence-corrected chi connectivity index (χ2v) is 7.99. The normalized spacial score (nSPS) is 18.7. The molecule has 7 nitrogen and oxygen atoms in total. The van der Waals surface area contributed by atoms with Gasteiger partial charge in [-0.2, -0.15) is 4.98 Å². The maximum absolute atomic E-state index is 12.7. The SMILES string of the molecule is CCCC(C)(N)C(=O)N1CCN(C(C)c2nc(-c3ccc(C)cc3)no2)CC1. The predicted octanol–water partition coefficient (Wildman–Crippen LogP) is 2.77. The zero-order chi connectivity index (χ0) is 20.3. The maximum atomic E-state index is 12.7. The summed E-state index contributed by atoms with van der Waals surface area (Å²) in [6.45, 7) is 10.8. The molecule has 2 heterocycles. The fourth-order valence-corrected chi connectivity index (χ4v) is 3.68. The van der Waals surface area contributed by atoms with Gasteiger partial charge < -0.3 is 15.2 Å². The van der Waals surface area contributed by atoms with Crippen molar-refractivity contribution in [2.45, 2.75) is 52.1 Å². The second kappa shape index (κ2) is 8.41. The molecule has 0 spiro atoms. The van der Waals surface area contributed by atoms with E-state index in [1.54, 1.807) is 0 Å². The molecule has 1 amide bonds. The Morgan fingerprint density at radius 1 is 1.25 bits per heavy atom. The van der Waals surface area contributed by atoms with Gasteiger partial charge in [0.25, 0.3) is 0 Å². The molecule has 1 aliphatic rings. The Bertz CT molecular complexity index is 791. The number of carbonyl (C=O) groups excluding carboxylic acids is 1. The van der Waals surface area contributed by atoms with Crippen LogP contribution in [0.25, 0.3) is 11.4 Å². The van der Waals surface area contributed by atoms with Gasteiger partial charge in [-0.15, -0.1) is 0 Å². The monoisotopic (exact) mass is 385 g/mol. The van der Waals surface area contributed by atoms with E-state index in [0.717, 1.165) is 25.1 Å². The molecule has 1 aliphatic heterocycles. The van der Waals surface area contributed by atoms with Gasteiger partial charge in [0, 0.05) is 31.7 Å². The van der Waals surface area contributed by atoms with E-state index in [0.29, 0.717) is 31.2 Å². The Hall–Kier alpha value is -2.25. The van der Waals surface area contributed by atoms with Crippen molar-refractivity contribution < 1.29 is 9.32 Å². The van der Waals surface area contributed by atoms with Gasteiger partial charge in [-0.05, 0) is 27.2 Å². The summed E-state index contributed by atoms with van der Waals surface area (Å²) in [6.07, 6.45) is 1.60. The van der Waals surface area contributed by atoms with Crippen LogP contribution in [-0.2, 0) is 4.79 Å². The molecule has 7 heteroatoms. The molecular weight excluding hydrogens is 354 g/mol. The Morgan fingerprint density at radius 2 is 1.89 bits per heavy atom. The maximum Gasteiger partial charge on any atom is 0.244 e. The summed E-state index contributed by atoms with van der Waals surface area (Å²) < 4.78 is 5.52. The summed E-state index contributed by atoms with van der Waals surface area (Å²) in [5.74, 6) is 1.25. The number of carbonyl (C=O) groups is 1. The zero-order valence-electron chi connectivity index (χ0n) is 17.3. The van der Waals surface area contributed by atoms with Gasteiger partial charge in [-0.1, -0.05) is 48.3 Å². The van der Waals surface area contributed by atoms with Crippen molar-refractivity contribution in [1.29, 1.82) is 0 Å². The van der Waals surface area contributed by atoms with Crippen LogP contribution in [-0.4, -0.2) is 57.6 Å². The molecule has 1 aromatic heterocycles. The lowest BCUT2D eigenvalue weighted by atomic mass is 9.95. The first-order chi connectivity index (χ1) is 13.3. The Labute approximate surface area is 166 Å². The first-order valence-electron chi connectivity index (χ1n) is 10.0. The number of hydrogen-bond acceptors (Lipinski definition) is 6. The first kappa shape index (κ1) is 20.5. The molecule has 2 unspecified atom stereocenters. The molecule has 0 radical (unpaired) electrons. The van der Waals surface area contributed by atoms with Crippen molar-refractivity contribution in [2.24, 2.45) is 5.73 Å². The highest BCUT2D eigenvalue weighted by atomic mass is 16.5. The van der Waals surface area contributed by atoms with E-state index in [9.17, 15) is 4.79 Å². The lowest BCUT2D eigenvalue weighted by Crippen LogP contribution is -2.58. The number of amides is 1. The smallest absolute Gasteiger partial charge is 0.244 e. The molecule has 0 saturated carbocycles. The molecule has 2 atom stereocenters. The Balaban J connectivity index is 1.60. The molecule has 1 fully saturated rings. The van der Waals surface area contributed by atoms with Gasteiger partial charge in [0.05, 0.1) is 11.6 Å². The van der Waals surface area contributed by atoms with Gasteiger partial charge in [-0.25, -0.2) is 0 Å². The van der Waals surface area contributed by atoms with Crippen molar-refractivity contribution in [3.63, 3.8) is 0 Å². The molecule has 152 valence electrons. The summed E-state index contributed by atoms with van der Waals surface area (Å²) in [7, 11) is 0. The molecule has 3 rings (SSSR count). The first-order valence-corrected chi connectivity index (χ1v) is 10.0. The van der Waals surface area contributed by atoms with E-state index in [2.05, 4.69) is 22.0 Å². The predicted molar refractivity (Wildman–Crippen MR) is 109 cm³/mol. The lowest BCUT2D eigenvalue weighted by Gasteiger charge is -2.39. The molecule has 0 bridgehead atoms. The van der Waals surface area contributed by atoms with Crippen LogP contribution >= 0.6 is 0 Å². The van der Waals surface area contributed by atoms with E-state index in [1.807, 2.05) is 49.9 Å². The molecule has 1 saturated heterocycles. The summed E-state index contributed by atoms with van der Waals surface area (Å²) in [5.41, 5.74) is 7.58. The van der Waals surface area contributed by atoms with E-state index >= 15 is 0 Å². The van der Waals surface area contributed by atoms with Gasteiger partial charge in [-0.3, -0.25) is 9.69 Å². The zero-order valence-corrected chi connectivity index (χ0v) is 17.3. The Morgan fingerprint density at radius 3 is 2.50 bits per heavy atom. The van der Waals surface area contributed by atoms with Gasteiger partial charge in [0.15, 0.2) is 0 Å². The second-order valence-electron chi connectivity index (χ2n) is 7.99. The minimum Gasteiger partial charge on any atom is -0.339 e. The van der Waals surface area contributed by atoms with Crippen molar-refractivity contribution in [1.82, 2.24) is 19.9 Å². The quantitative estimate of drug-likeness (QED) is 0.822. The lowest BCUT2D eigenvalue weighted by molar-refractivity contribution is -0.138. The highest BCUT2D eigenvalue weighted by Gasteiger charge is 2.34. The summed E-state index contributed by atoms with van der Waals surface area (Å²) in [6, 6.07) is 8.07. The number of hydrogen-bond donors (Lipinski definition) is 1. The van der Waals surface area contributed by atoms with Crippen LogP contribution in [0.2, 0.25) is 0 Å². The van der Waals surface area contributed by atoms with Crippen LogP contribution in [0.3, 0.4) is 0 Å². The number of benzene rings is 1. The van der Waals surface area contributed by atoms with Crippen molar-refractivity contribution in [2.75, 3.05) is 26.2 Å². The minimum absolute atomic E-state index is 0.00357. The number of nitrogens with two attached hydrogens (primary N) is 1. The fraction of sp³-hybridized carbons (Fsp3) is 0.571. The van der Waals surface area contributed by atoms with Gasteiger partial charge >= 0.3 is 0 Å². The van der Waals surface area contributed by atoms with Gasteiger partial charge in [0.1, 0.15) is 0 Å². The van der Waals surface area contributed by atoms with E-state index in [-0.39, 0.29) is 11.9 Å². The molecule has 2 N–H and O–H groups in total. The highest BCUT2D eigenvalue weighted by molar-refractivity contribution is 5.85. The third kappa shape index (κ3) is 4.42. The van der Waals surface area contributed by atoms with Gasteiger partial charge in [0.2, 0.25) is 17.6 Å². The van der Waals surface area contributed by atoms with E-state index in [4.69, 9.17) is 10.3 Å². The highest BCUT2D eigenvalue weighted by Crippen LogP contribution is 2.24. The van der Waals surface area contributed by atoms with Crippen LogP contribution in [0.15, 0.2) is 28.8 Å². The topological polar surface area (TPSA) is 88.5 Å². The summed E-state index contributed by atoms with van der Waals surface area (Å²) in [4.78, 5) is 21.4. The molecule has 28 heavy (non-hydrogen) atoms. The fourth-order valence-electron chi connectivity index (χ4n) is 3.68. The molecule has 0 aliphatic carbocycles. The standard InChI is InChI=1S/C21H31N5O2/c1-5-10-21(4,22)20(27)26-13-11-25(12-14-26)16(3)19-23-18(24-28-19)17-8-6-15(2)7-9-17/h6-9,16H,5,10-14,22H2,1-4H3. The van der Waals surface area contributed by atoms with Crippen molar-refractivity contribution in [3.8, 4) is 11.4 Å². The van der Waals surface area contributed by atoms with Crippen LogP contribution in [0.5, 0.6) is 0 Å². The van der Waals surface area contributed by atoms with Crippen LogP contribution in [0, 0.1) is 6.92 Å². The Kier molecular flexibility index (Phi) is 6.15. The number of aromatic nitrogens is 2. The van der Waals surface area contributed by atoms with Crippen LogP contribution in [0.1, 0.15) is 51.1 Å². The minimum atomic E-state index is -0.780. The largest absolute Gasteiger partial charge is 0.339 e. The van der Waals surface area contributed by atoms with Crippen LogP contribution < -0.4 is 5.73 Å². The number of nitrogens with zero attached hydrogens (tertiary/aromatic N) is 4. The molecule has 1 aromatic carbocycles. The van der Waals surface area contributed by atoms with Crippen molar-refractivity contribution in [3.05, 3.63) is 35.7 Å². The number of piperazine rings is 1.